The second-order valence-electron chi connectivity index (χ2n) is 5.22. The zero-order valence-electron chi connectivity index (χ0n) is 12.7. The second kappa shape index (κ2) is 6.00. The summed E-state index contributed by atoms with van der Waals surface area (Å²) in [4.78, 5) is 34.4. The van der Waals surface area contributed by atoms with Crippen LogP contribution < -0.4 is 10.7 Å². The summed E-state index contributed by atoms with van der Waals surface area (Å²) in [7, 11) is 0. The van der Waals surface area contributed by atoms with Gasteiger partial charge in [-0.3, -0.25) is 9.59 Å². The van der Waals surface area contributed by atoms with Crippen LogP contribution >= 0.6 is 0 Å². The average molecular weight is 323 g/mol. The van der Waals surface area contributed by atoms with Crippen LogP contribution in [-0.2, 0) is 9.59 Å². The molecule has 0 unspecified atom stereocenters. The molecule has 6 heteroatoms. The minimum absolute atomic E-state index is 0.175. The summed E-state index contributed by atoms with van der Waals surface area (Å²) >= 11 is 0. The topological polar surface area (TPSA) is 96.6 Å². The number of anilines is 1. The van der Waals surface area contributed by atoms with Gasteiger partial charge in [0.25, 0.3) is 0 Å². The van der Waals surface area contributed by atoms with Crippen molar-refractivity contribution in [3.63, 3.8) is 0 Å². The number of carboxylic acids is 1. The van der Waals surface area contributed by atoms with Gasteiger partial charge in [0.2, 0.25) is 0 Å². The van der Waals surface area contributed by atoms with Gasteiger partial charge in [-0.1, -0.05) is 30.3 Å². The Kier molecular flexibility index (Phi) is 3.87. The average Bonchev–Trinajstić information content (AvgIpc) is 2.58. The van der Waals surface area contributed by atoms with Crippen LogP contribution in [0.15, 0.2) is 57.7 Å². The molecule has 0 aliphatic rings. The Bertz CT molecular complexity index is 1010. The molecule has 0 atom stereocenters. The van der Waals surface area contributed by atoms with E-state index < -0.39 is 11.9 Å². The van der Waals surface area contributed by atoms with E-state index in [9.17, 15) is 14.4 Å². The lowest BCUT2D eigenvalue weighted by Crippen LogP contribution is -2.21. The normalized spacial score (nSPS) is 10.5. The van der Waals surface area contributed by atoms with Crippen LogP contribution in [0.2, 0.25) is 0 Å². The molecule has 1 amide bonds. The highest BCUT2D eigenvalue weighted by atomic mass is 16.4. The summed E-state index contributed by atoms with van der Waals surface area (Å²) in [6.07, 6.45) is 0. The first-order chi connectivity index (χ1) is 11.5. The van der Waals surface area contributed by atoms with Crippen LogP contribution in [0, 0.1) is 6.92 Å². The monoisotopic (exact) mass is 323 g/mol. The van der Waals surface area contributed by atoms with E-state index in [0.717, 1.165) is 5.56 Å². The minimum Gasteiger partial charge on any atom is -0.474 e. The molecule has 2 aromatic carbocycles. The van der Waals surface area contributed by atoms with Crippen LogP contribution in [0.5, 0.6) is 0 Å². The summed E-state index contributed by atoms with van der Waals surface area (Å²) in [6, 6.07) is 13.6. The van der Waals surface area contributed by atoms with Crippen LogP contribution in [-0.4, -0.2) is 17.0 Å². The van der Waals surface area contributed by atoms with Crippen molar-refractivity contribution in [2.24, 2.45) is 0 Å². The molecular weight excluding hydrogens is 310 g/mol. The molecule has 0 fully saturated rings. The number of amides is 1. The quantitative estimate of drug-likeness (QED) is 0.707. The van der Waals surface area contributed by atoms with Gasteiger partial charge in [0, 0.05) is 22.9 Å². The lowest BCUT2D eigenvalue weighted by atomic mass is 10.1. The lowest BCUT2D eigenvalue weighted by Gasteiger charge is -2.08. The van der Waals surface area contributed by atoms with E-state index in [4.69, 9.17) is 9.52 Å². The van der Waals surface area contributed by atoms with Gasteiger partial charge < -0.3 is 14.8 Å². The Morgan fingerprint density at radius 2 is 1.79 bits per heavy atom. The molecule has 2 N–H and O–H groups in total. The van der Waals surface area contributed by atoms with E-state index in [1.807, 2.05) is 30.3 Å². The molecule has 24 heavy (non-hydrogen) atoms. The fourth-order valence-electron chi connectivity index (χ4n) is 2.41. The van der Waals surface area contributed by atoms with Gasteiger partial charge in [0.05, 0.1) is 5.39 Å². The fourth-order valence-corrected chi connectivity index (χ4v) is 2.41. The molecule has 0 bridgehead atoms. The summed E-state index contributed by atoms with van der Waals surface area (Å²) < 4.78 is 5.84. The number of benzene rings is 2. The number of aliphatic carboxylic acids is 1. The highest BCUT2D eigenvalue weighted by molar-refractivity contribution is 6.36. The maximum atomic E-state index is 12.5. The summed E-state index contributed by atoms with van der Waals surface area (Å²) in [5.41, 5.74) is 1.57. The molecule has 6 nitrogen and oxygen atoms in total. The molecule has 3 aromatic rings. The maximum Gasteiger partial charge on any atom is 0.394 e. The number of carbonyl (C=O) groups is 2. The van der Waals surface area contributed by atoms with Gasteiger partial charge >= 0.3 is 11.9 Å². The predicted molar refractivity (Wildman–Crippen MR) is 88.9 cm³/mol. The van der Waals surface area contributed by atoms with Crippen molar-refractivity contribution in [1.29, 1.82) is 0 Å². The van der Waals surface area contributed by atoms with Gasteiger partial charge in [0.15, 0.2) is 5.43 Å². The Hall–Kier alpha value is -3.41. The Morgan fingerprint density at radius 1 is 1.08 bits per heavy atom. The van der Waals surface area contributed by atoms with Gasteiger partial charge in [-0.25, -0.2) is 4.79 Å². The number of carbonyl (C=O) groups excluding carboxylic acids is 1. The van der Waals surface area contributed by atoms with Crippen LogP contribution in [0.3, 0.4) is 0 Å². The Morgan fingerprint density at radius 3 is 2.46 bits per heavy atom. The number of nitrogens with one attached hydrogen (secondary N) is 1. The summed E-state index contributed by atoms with van der Waals surface area (Å²) in [5, 5.41) is 11.2. The number of hydrogen-bond acceptors (Lipinski definition) is 4. The molecule has 0 aliphatic heterocycles. The van der Waals surface area contributed by atoms with E-state index in [1.54, 1.807) is 6.92 Å². The fraction of sp³-hybridized carbons (Fsp3) is 0.0556. The zero-order valence-corrected chi connectivity index (χ0v) is 12.7. The first-order valence-electron chi connectivity index (χ1n) is 7.14. The molecule has 1 heterocycles. The van der Waals surface area contributed by atoms with Gasteiger partial charge in [-0.2, -0.15) is 0 Å². The first kappa shape index (κ1) is 15.5. The molecule has 1 aromatic heterocycles. The smallest absolute Gasteiger partial charge is 0.394 e. The van der Waals surface area contributed by atoms with E-state index >= 15 is 0 Å². The van der Waals surface area contributed by atoms with Crippen molar-refractivity contribution in [3.8, 4) is 11.3 Å². The largest absolute Gasteiger partial charge is 0.474 e. The Labute approximate surface area is 136 Å². The number of carboxylic acid groups (broad SMARTS) is 1. The third kappa shape index (κ3) is 2.77. The van der Waals surface area contributed by atoms with E-state index in [2.05, 4.69) is 5.32 Å². The van der Waals surface area contributed by atoms with Crippen LogP contribution in [0.25, 0.3) is 22.3 Å². The predicted octanol–water partition coefficient (Wildman–Crippen LogP) is 2.79. The van der Waals surface area contributed by atoms with Crippen molar-refractivity contribution in [1.82, 2.24) is 0 Å². The van der Waals surface area contributed by atoms with Gasteiger partial charge in [0.1, 0.15) is 11.3 Å². The van der Waals surface area contributed by atoms with Crippen molar-refractivity contribution < 1.29 is 19.1 Å². The SMILES string of the molecule is Cc1c(-c2ccccc2)oc2cc(NC(=O)C(=O)O)ccc2c1=O. The highest BCUT2D eigenvalue weighted by Gasteiger charge is 2.15. The first-order valence-corrected chi connectivity index (χ1v) is 7.14. The van der Waals surface area contributed by atoms with E-state index in [1.165, 1.54) is 18.2 Å². The van der Waals surface area contributed by atoms with Crippen molar-refractivity contribution in [3.05, 3.63) is 64.3 Å². The molecule has 0 aliphatic carbocycles. The summed E-state index contributed by atoms with van der Waals surface area (Å²) in [6.45, 7) is 1.69. The van der Waals surface area contributed by atoms with Crippen molar-refractivity contribution >= 4 is 28.5 Å². The second-order valence-corrected chi connectivity index (χ2v) is 5.22. The third-order valence-electron chi connectivity index (χ3n) is 3.61. The Balaban J connectivity index is 2.16. The lowest BCUT2D eigenvalue weighted by molar-refractivity contribution is -0.147. The molecule has 0 radical (unpaired) electrons. The standard InChI is InChI=1S/C18H13NO5/c1-10-15(20)13-8-7-12(19-17(21)18(22)23)9-14(13)24-16(10)11-5-3-2-4-6-11/h2-9H,1H3,(H,19,21)(H,22,23). The molecule has 0 saturated heterocycles. The van der Waals surface area contributed by atoms with Crippen LogP contribution in [0.4, 0.5) is 5.69 Å². The van der Waals surface area contributed by atoms with Gasteiger partial charge in [-0.05, 0) is 19.1 Å². The number of rotatable bonds is 2. The van der Waals surface area contributed by atoms with E-state index in [-0.39, 0.29) is 16.7 Å². The highest BCUT2D eigenvalue weighted by Crippen LogP contribution is 2.26. The summed E-state index contributed by atoms with van der Waals surface area (Å²) in [5.74, 6) is -2.31. The number of fused-ring (bicyclic) bond motifs is 1. The maximum absolute atomic E-state index is 12.5. The van der Waals surface area contributed by atoms with Crippen molar-refractivity contribution in [2.75, 3.05) is 5.32 Å². The van der Waals surface area contributed by atoms with Crippen molar-refractivity contribution in [2.45, 2.75) is 6.92 Å². The van der Waals surface area contributed by atoms with Crippen LogP contribution in [0.1, 0.15) is 5.56 Å². The third-order valence-corrected chi connectivity index (χ3v) is 3.61. The molecular formula is C18H13NO5. The molecule has 0 saturated carbocycles. The van der Waals surface area contributed by atoms with Gasteiger partial charge in [-0.15, -0.1) is 0 Å². The van der Waals surface area contributed by atoms with E-state index in [0.29, 0.717) is 16.7 Å². The molecule has 3 rings (SSSR count). The zero-order chi connectivity index (χ0) is 17.3. The molecule has 120 valence electrons. The molecule has 0 spiro atoms. The number of hydrogen-bond donors (Lipinski definition) is 2. The minimum atomic E-state index is -1.59.